The van der Waals surface area contributed by atoms with E-state index in [1.54, 1.807) is 25.1 Å². The third-order valence-corrected chi connectivity index (χ3v) is 5.26. The molecule has 1 fully saturated rings. The molecule has 0 spiro atoms. The van der Waals surface area contributed by atoms with E-state index < -0.39 is 10.8 Å². The van der Waals surface area contributed by atoms with Gasteiger partial charge in [0.1, 0.15) is 11.4 Å². The quantitative estimate of drug-likeness (QED) is 0.393. The maximum absolute atomic E-state index is 12.5. The standard InChI is InChI=1S/C20H21ClN4O5S/c1-12-9-17(25(27)28)16(24-5-7-30-8-6-24)11-15(12)22-20(31)23-19(26)13-3-4-18(29-2)14(21)10-13/h3-4,9-11H,5-8H2,1-2H3,(H2,22,23,26,31). The summed E-state index contributed by atoms with van der Waals surface area (Å²) < 4.78 is 10.4. The van der Waals surface area contributed by atoms with Crippen LogP contribution >= 0.6 is 23.8 Å². The van der Waals surface area contributed by atoms with Gasteiger partial charge in [0.25, 0.3) is 11.6 Å². The number of anilines is 2. The van der Waals surface area contributed by atoms with Crippen LogP contribution in [0.25, 0.3) is 0 Å². The number of benzene rings is 2. The zero-order chi connectivity index (χ0) is 22.5. The summed E-state index contributed by atoms with van der Waals surface area (Å²) in [5.74, 6) is 0.00563. The number of nitro groups is 1. The number of thiocarbonyl (C=S) groups is 1. The van der Waals surface area contributed by atoms with Gasteiger partial charge in [-0.05, 0) is 49.0 Å². The molecule has 1 heterocycles. The Bertz CT molecular complexity index is 1030. The van der Waals surface area contributed by atoms with Gasteiger partial charge in [0.05, 0.1) is 30.3 Å². The molecule has 2 aromatic carbocycles. The van der Waals surface area contributed by atoms with Crippen LogP contribution in [0.5, 0.6) is 5.75 Å². The average molecular weight is 465 g/mol. The summed E-state index contributed by atoms with van der Waals surface area (Å²) in [6.07, 6.45) is 0. The Kier molecular flexibility index (Phi) is 7.26. The van der Waals surface area contributed by atoms with Crippen LogP contribution < -0.4 is 20.3 Å². The summed E-state index contributed by atoms with van der Waals surface area (Å²) in [6.45, 7) is 3.80. The smallest absolute Gasteiger partial charge is 0.292 e. The van der Waals surface area contributed by atoms with Crippen LogP contribution in [0, 0.1) is 17.0 Å². The van der Waals surface area contributed by atoms with E-state index in [1.807, 2.05) is 4.90 Å². The maximum atomic E-state index is 12.5. The molecule has 0 aromatic heterocycles. The van der Waals surface area contributed by atoms with Gasteiger partial charge in [-0.1, -0.05) is 11.6 Å². The van der Waals surface area contributed by atoms with Crippen molar-refractivity contribution < 1.29 is 19.2 Å². The van der Waals surface area contributed by atoms with Crippen molar-refractivity contribution in [3.8, 4) is 5.75 Å². The lowest BCUT2D eigenvalue weighted by Gasteiger charge is -2.29. The van der Waals surface area contributed by atoms with E-state index >= 15 is 0 Å². The van der Waals surface area contributed by atoms with Gasteiger partial charge in [-0.15, -0.1) is 0 Å². The molecule has 0 radical (unpaired) electrons. The maximum Gasteiger partial charge on any atom is 0.292 e. The van der Waals surface area contributed by atoms with Crippen LogP contribution in [0.4, 0.5) is 17.1 Å². The number of carbonyl (C=O) groups excluding carboxylic acids is 1. The molecule has 1 aliphatic heterocycles. The lowest BCUT2D eigenvalue weighted by atomic mass is 10.1. The van der Waals surface area contributed by atoms with E-state index in [-0.39, 0.29) is 10.8 Å². The first kappa shape index (κ1) is 22.7. The molecule has 0 saturated carbocycles. The Hall–Kier alpha value is -2.95. The van der Waals surface area contributed by atoms with Crippen LogP contribution in [0.15, 0.2) is 30.3 Å². The van der Waals surface area contributed by atoms with Crippen molar-refractivity contribution in [1.82, 2.24) is 5.32 Å². The fourth-order valence-electron chi connectivity index (χ4n) is 3.16. The van der Waals surface area contributed by atoms with Crippen LogP contribution in [-0.2, 0) is 4.74 Å². The molecule has 2 N–H and O–H groups in total. The van der Waals surface area contributed by atoms with Crippen molar-refractivity contribution in [2.24, 2.45) is 0 Å². The number of ether oxygens (including phenoxy) is 2. The molecule has 1 aliphatic rings. The van der Waals surface area contributed by atoms with Crippen molar-refractivity contribution >= 4 is 51.9 Å². The van der Waals surface area contributed by atoms with Gasteiger partial charge in [-0.3, -0.25) is 20.2 Å². The molecule has 164 valence electrons. The summed E-state index contributed by atoms with van der Waals surface area (Å²) in [7, 11) is 1.48. The summed E-state index contributed by atoms with van der Waals surface area (Å²) in [5, 5.41) is 17.5. The van der Waals surface area contributed by atoms with Crippen molar-refractivity contribution in [1.29, 1.82) is 0 Å². The number of carbonyl (C=O) groups is 1. The highest BCUT2D eigenvalue weighted by atomic mass is 35.5. The zero-order valence-corrected chi connectivity index (χ0v) is 18.5. The van der Waals surface area contributed by atoms with Gasteiger partial charge in [0.15, 0.2) is 5.11 Å². The number of aryl methyl sites for hydroxylation is 1. The third kappa shape index (κ3) is 5.40. The molecule has 9 nitrogen and oxygen atoms in total. The van der Waals surface area contributed by atoms with Crippen molar-refractivity contribution in [3.63, 3.8) is 0 Å². The Morgan fingerprint density at radius 1 is 1.29 bits per heavy atom. The first-order chi connectivity index (χ1) is 14.8. The summed E-state index contributed by atoms with van der Waals surface area (Å²) in [4.78, 5) is 25.5. The number of nitrogens with one attached hydrogen (secondary N) is 2. The van der Waals surface area contributed by atoms with Gasteiger partial charge in [0, 0.05) is 30.4 Å². The second kappa shape index (κ2) is 9.90. The molecular formula is C20H21ClN4O5S. The minimum absolute atomic E-state index is 0.00720. The summed E-state index contributed by atoms with van der Waals surface area (Å²) >= 11 is 11.3. The van der Waals surface area contributed by atoms with E-state index in [9.17, 15) is 14.9 Å². The fraction of sp³-hybridized carbons (Fsp3) is 0.300. The first-order valence-electron chi connectivity index (χ1n) is 9.37. The lowest BCUT2D eigenvalue weighted by molar-refractivity contribution is -0.384. The van der Waals surface area contributed by atoms with E-state index in [0.717, 1.165) is 0 Å². The van der Waals surface area contributed by atoms with Crippen LogP contribution in [0.1, 0.15) is 15.9 Å². The lowest BCUT2D eigenvalue weighted by Crippen LogP contribution is -2.37. The predicted molar refractivity (Wildman–Crippen MR) is 123 cm³/mol. The third-order valence-electron chi connectivity index (χ3n) is 4.76. The normalized spacial score (nSPS) is 13.5. The highest BCUT2D eigenvalue weighted by molar-refractivity contribution is 7.80. The molecule has 0 atom stereocenters. The van der Waals surface area contributed by atoms with E-state index in [0.29, 0.717) is 59.6 Å². The molecule has 11 heteroatoms. The number of rotatable bonds is 5. The Morgan fingerprint density at radius 3 is 2.61 bits per heavy atom. The number of nitrogens with zero attached hydrogens (tertiary/aromatic N) is 2. The van der Waals surface area contributed by atoms with E-state index in [2.05, 4.69) is 10.6 Å². The van der Waals surface area contributed by atoms with Crippen LogP contribution in [0.2, 0.25) is 5.02 Å². The van der Waals surface area contributed by atoms with Gasteiger partial charge in [0.2, 0.25) is 0 Å². The van der Waals surface area contributed by atoms with Crippen LogP contribution in [0.3, 0.4) is 0 Å². The monoisotopic (exact) mass is 464 g/mol. The van der Waals surface area contributed by atoms with Gasteiger partial charge in [-0.2, -0.15) is 0 Å². The number of hydrogen-bond acceptors (Lipinski definition) is 7. The van der Waals surface area contributed by atoms with Gasteiger partial charge < -0.3 is 19.7 Å². The molecule has 3 rings (SSSR count). The summed E-state index contributed by atoms with van der Waals surface area (Å²) in [5.41, 5.74) is 1.97. The Morgan fingerprint density at radius 2 is 2.00 bits per heavy atom. The highest BCUT2D eigenvalue weighted by Gasteiger charge is 2.23. The molecule has 1 saturated heterocycles. The molecule has 0 bridgehead atoms. The van der Waals surface area contributed by atoms with Crippen molar-refractivity contribution in [3.05, 3.63) is 56.6 Å². The van der Waals surface area contributed by atoms with E-state index in [1.165, 1.54) is 19.2 Å². The number of halogens is 1. The average Bonchev–Trinajstić information content (AvgIpc) is 2.75. The molecule has 2 aromatic rings. The first-order valence-corrected chi connectivity index (χ1v) is 10.2. The number of methoxy groups -OCH3 is 1. The fourth-order valence-corrected chi connectivity index (χ4v) is 3.62. The number of hydrogen-bond donors (Lipinski definition) is 2. The molecule has 31 heavy (non-hydrogen) atoms. The Balaban J connectivity index is 1.78. The zero-order valence-electron chi connectivity index (χ0n) is 16.9. The van der Waals surface area contributed by atoms with Gasteiger partial charge >= 0.3 is 0 Å². The Labute approximate surface area is 189 Å². The molecule has 0 unspecified atom stereocenters. The minimum Gasteiger partial charge on any atom is -0.495 e. The highest BCUT2D eigenvalue weighted by Crippen LogP contribution is 2.34. The molecule has 1 amide bonds. The molecule has 0 aliphatic carbocycles. The SMILES string of the molecule is COc1ccc(C(=O)NC(=S)Nc2cc(N3CCOCC3)c([N+](=O)[O-])cc2C)cc1Cl. The van der Waals surface area contributed by atoms with E-state index in [4.69, 9.17) is 33.3 Å². The predicted octanol–water partition coefficient (Wildman–Crippen LogP) is 3.53. The summed E-state index contributed by atoms with van der Waals surface area (Å²) in [6, 6.07) is 7.79. The molecular weight excluding hydrogens is 444 g/mol. The number of morpholine rings is 1. The van der Waals surface area contributed by atoms with Crippen molar-refractivity contribution in [2.75, 3.05) is 43.6 Å². The van der Waals surface area contributed by atoms with Crippen molar-refractivity contribution in [2.45, 2.75) is 6.92 Å². The van der Waals surface area contributed by atoms with Crippen LogP contribution in [-0.4, -0.2) is 49.4 Å². The topological polar surface area (TPSA) is 106 Å². The number of amides is 1. The second-order valence-corrected chi connectivity index (χ2v) is 7.59. The van der Waals surface area contributed by atoms with Gasteiger partial charge in [-0.25, -0.2) is 0 Å². The minimum atomic E-state index is -0.449. The second-order valence-electron chi connectivity index (χ2n) is 6.77. The number of nitro benzene ring substituents is 1. The largest absolute Gasteiger partial charge is 0.495 e.